The molecule has 30 heavy (non-hydrogen) atoms. The van der Waals surface area contributed by atoms with Gasteiger partial charge < -0.3 is 10.1 Å². The highest BCUT2D eigenvalue weighted by Crippen LogP contribution is 2.25. The normalized spacial score (nSPS) is 14.6. The van der Waals surface area contributed by atoms with Gasteiger partial charge in [0.15, 0.2) is 0 Å². The molecule has 1 aliphatic rings. The Hall–Kier alpha value is -2.95. The van der Waals surface area contributed by atoms with Gasteiger partial charge in [-0.15, -0.1) is 0 Å². The molecule has 1 aliphatic heterocycles. The van der Waals surface area contributed by atoms with Crippen LogP contribution in [0.1, 0.15) is 28.2 Å². The highest BCUT2D eigenvalue weighted by atomic mass is 16.5. The predicted molar refractivity (Wildman–Crippen MR) is 119 cm³/mol. The lowest BCUT2D eigenvalue weighted by molar-refractivity contribution is -0.121. The molecule has 0 atom stereocenters. The van der Waals surface area contributed by atoms with Gasteiger partial charge in [0.25, 0.3) is 0 Å². The van der Waals surface area contributed by atoms with Crippen molar-refractivity contribution in [3.8, 4) is 0 Å². The van der Waals surface area contributed by atoms with Crippen LogP contribution in [-0.2, 0) is 22.6 Å². The van der Waals surface area contributed by atoms with Gasteiger partial charge in [0.2, 0.25) is 5.91 Å². The van der Waals surface area contributed by atoms with Gasteiger partial charge in [0, 0.05) is 26.2 Å². The fourth-order valence-electron chi connectivity index (χ4n) is 3.95. The van der Waals surface area contributed by atoms with Crippen LogP contribution in [0.3, 0.4) is 0 Å². The third-order valence-corrected chi connectivity index (χ3v) is 5.60. The van der Waals surface area contributed by atoms with Crippen molar-refractivity contribution in [1.82, 2.24) is 10.2 Å². The van der Waals surface area contributed by atoms with Crippen molar-refractivity contribution in [3.63, 3.8) is 0 Å². The van der Waals surface area contributed by atoms with Gasteiger partial charge in [-0.25, -0.2) is 0 Å². The number of nitrogens with one attached hydrogen (secondary N) is 1. The first-order chi connectivity index (χ1) is 14.8. The molecular formula is C26H28N2O2. The first-order valence-electron chi connectivity index (χ1n) is 10.6. The van der Waals surface area contributed by atoms with Crippen molar-refractivity contribution in [2.24, 2.45) is 0 Å². The number of ether oxygens (including phenoxy) is 1. The molecular weight excluding hydrogens is 372 g/mol. The van der Waals surface area contributed by atoms with Crippen molar-refractivity contribution in [2.45, 2.75) is 19.0 Å². The van der Waals surface area contributed by atoms with Crippen LogP contribution in [-0.4, -0.2) is 37.1 Å². The Morgan fingerprint density at radius 3 is 1.93 bits per heavy atom. The standard InChI is InChI=1S/C26H28N2O2/c29-26(25(21-9-3-1-4-10-21)22-11-5-2-6-12-22)27-19-23-13-7-8-14-24(23)20-28-15-17-30-18-16-28/h1-14,25H,15-20H2,(H,27,29). The summed E-state index contributed by atoms with van der Waals surface area (Å²) in [6.07, 6.45) is 0. The molecule has 1 N–H and O–H groups in total. The summed E-state index contributed by atoms with van der Waals surface area (Å²) in [6.45, 7) is 4.88. The average molecular weight is 401 g/mol. The number of carbonyl (C=O) groups is 1. The molecule has 0 aromatic heterocycles. The summed E-state index contributed by atoms with van der Waals surface area (Å²) in [5, 5.41) is 3.19. The van der Waals surface area contributed by atoms with Gasteiger partial charge in [0.1, 0.15) is 0 Å². The van der Waals surface area contributed by atoms with Crippen LogP contribution >= 0.6 is 0 Å². The van der Waals surface area contributed by atoms with Crippen molar-refractivity contribution >= 4 is 5.91 Å². The minimum Gasteiger partial charge on any atom is -0.379 e. The zero-order valence-electron chi connectivity index (χ0n) is 17.2. The summed E-state index contributed by atoms with van der Waals surface area (Å²) < 4.78 is 5.46. The summed E-state index contributed by atoms with van der Waals surface area (Å²) in [5.41, 5.74) is 4.43. The molecule has 1 amide bonds. The van der Waals surface area contributed by atoms with Gasteiger partial charge in [-0.2, -0.15) is 0 Å². The summed E-state index contributed by atoms with van der Waals surface area (Å²) in [7, 11) is 0. The van der Waals surface area contributed by atoms with Crippen LogP contribution in [0.15, 0.2) is 84.9 Å². The summed E-state index contributed by atoms with van der Waals surface area (Å²) >= 11 is 0. The first-order valence-corrected chi connectivity index (χ1v) is 10.6. The lowest BCUT2D eigenvalue weighted by Crippen LogP contribution is -2.36. The van der Waals surface area contributed by atoms with E-state index in [1.165, 1.54) is 5.56 Å². The number of carbonyl (C=O) groups excluding carboxylic acids is 1. The zero-order chi connectivity index (χ0) is 20.6. The fourth-order valence-corrected chi connectivity index (χ4v) is 3.95. The van der Waals surface area contributed by atoms with E-state index in [-0.39, 0.29) is 11.8 Å². The lowest BCUT2D eigenvalue weighted by atomic mass is 9.90. The Morgan fingerprint density at radius 1 is 0.800 bits per heavy atom. The number of hydrogen-bond acceptors (Lipinski definition) is 3. The van der Waals surface area contributed by atoms with Crippen LogP contribution in [0.2, 0.25) is 0 Å². The lowest BCUT2D eigenvalue weighted by Gasteiger charge is -2.27. The van der Waals surface area contributed by atoms with Gasteiger partial charge in [-0.1, -0.05) is 84.9 Å². The SMILES string of the molecule is O=C(NCc1ccccc1CN1CCOCC1)C(c1ccccc1)c1ccccc1. The van der Waals surface area contributed by atoms with Crippen molar-refractivity contribution in [3.05, 3.63) is 107 Å². The number of rotatable bonds is 7. The molecule has 154 valence electrons. The van der Waals surface area contributed by atoms with Gasteiger partial charge >= 0.3 is 0 Å². The van der Waals surface area contributed by atoms with E-state index in [0.29, 0.717) is 6.54 Å². The van der Waals surface area contributed by atoms with E-state index in [4.69, 9.17) is 4.74 Å². The van der Waals surface area contributed by atoms with Gasteiger partial charge in [-0.3, -0.25) is 9.69 Å². The molecule has 0 spiro atoms. The van der Waals surface area contributed by atoms with E-state index in [2.05, 4.69) is 28.4 Å². The maximum absolute atomic E-state index is 13.3. The highest BCUT2D eigenvalue weighted by Gasteiger charge is 2.22. The van der Waals surface area contributed by atoms with Crippen molar-refractivity contribution in [1.29, 1.82) is 0 Å². The Morgan fingerprint density at radius 2 is 1.33 bits per heavy atom. The van der Waals surface area contributed by atoms with Crippen LogP contribution in [0.25, 0.3) is 0 Å². The van der Waals surface area contributed by atoms with E-state index in [0.717, 1.165) is 49.5 Å². The third kappa shape index (κ3) is 5.15. The second-order valence-electron chi connectivity index (χ2n) is 7.63. The third-order valence-electron chi connectivity index (χ3n) is 5.60. The predicted octanol–water partition coefficient (Wildman–Crippen LogP) is 3.97. The molecule has 3 aromatic carbocycles. The number of benzene rings is 3. The Kier molecular flexibility index (Phi) is 6.91. The van der Waals surface area contributed by atoms with E-state index in [1.54, 1.807) is 0 Å². The zero-order valence-corrected chi connectivity index (χ0v) is 17.2. The molecule has 4 nitrogen and oxygen atoms in total. The van der Waals surface area contributed by atoms with Crippen molar-refractivity contribution < 1.29 is 9.53 Å². The van der Waals surface area contributed by atoms with Crippen LogP contribution < -0.4 is 5.32 Å². The van der Waals surface area contributed by atoms with E-state index < -0.39 is 0 Å². The molecule has 4 rings (SSSR count). The monoisotopic (exact) mass is 400 g/mol. The minimum atomic E-state index is -0.321. The minimum absolute atomic E-state index is 0.0218. The van der Waals surface area contributed by atoms with Crippen LogP contribution in [0.4, 0.5) is 0 Å². The maximum Gasteiger partial charge on any atom is 0.232 e. The van der Waals surface area contributed by atoms with E-state index in [1.807, 2.05) is 66.7 Å². The number of hydrogen-bond donors (Lipinski definition) is 1. The Labute approximate surface area is 178 Å². The van der Waals surface area contributed by atoms with Gasteiger partial charge in [-0.05, 0) is 22.3 Å². The Balaban J connectivity index is 1.49. The molecule has 0 bridgehead atoms. The first kappa shape index (κ1) is 20.3. The smallest absolute Gasteiger partial charge is 0.232 e. The summed E-state index contributed by atoms with van der Waals surface area (Å²) in [5.74, 6) is -0.299. The Bertz CT molecular complexity index is 898. The van der Waals surface area contributed by atoms with Crippen molar-refractivity contribution in [2.75, 3.05) is 26.3 Å². The topological polar surface area (TPSA) is 41.6 Å². The second-order valence-corrected chi connectivity index (χ2v) is 7.63. The molecule has 3 aromatic rings. The largest absolute Gasteiger partial charge is 0.379 e. The summed E-state index contributed by atoms with van der Waals surface area (Å²) in [4.78, 5) is 15.7. The summed E-state index contributed by atoms with van der Waals surface area (Å²) in [6, 6.07) is 28.3. The molecule has 4 heteroatoms. The molecule has 1 saturated heterocycles. The van der Waals surface area contributed by atoms with Crippen LogP contribution in [0, 0.1) is 0 Å². The van der Waals surface area contributed by atoms with E-state index in [9.17, 15) is 4.79 Å². The molecule has 0 radical (unpaired) electrons. The molecule has 1 heterocycles. The highest BCUT2D eigenvalue weighted by molar-refractivity contribution is 5.87. The average Bonchev–Trinajstić information content (AvgIpc) is 2.81. The molecule has 0 unspecified atom stereocenters. The number of amides is 1. The fraction of sp³-hybridized carbons (Fsp3) is 0.269. The maximum atomic E-state index is 13.3. The molecule has 1 fully saturated rings. The quantitative estimate of drug-likeness (QED) is 0.653. The molecule has 0 aliphatic carbocycles. The van der Waals surface area contributed by atoms with Crippen LogP contribution in [0.5, 0.6) is 0 Å². The van der Waals surface area contributed by atoms with E-state index >= 15 is 0 Å². The van der Waals surface area contributed by atoms with Gasteiger partial charge in [0.05, 0.1) is 19.1 Å². The molecule has 0 saturated carbocycles. The number of nitrogens with zero attached hydrogens (tertiary/aromatic N) is 1. The number of morpholine rings is 1. The second kappa shape index (κ2) is 10.2.